The highest BCUT2D eigenvalue weighted by molar-refractivity contribution is 5.95. The maximum atomic E-state index is 12.6. The van der Waals surface area contributed by atoms with Crippen molar-refractivity contribution in [3.63, 3.8) is 0 Å². The Hall–Kier alpha value is -2.50. The van der Waals surface area contributed by atoms with Crippen LogP contribution in [0.15, 0.2) is 35.5 Å². The maximum Gasteiger partial charge on any atom is 0.338 e. The Labute approximate surface area is 155 Å². The highest BCUT2D eigenvalue weighted by Gasteiger charge is 2.34. The number of hydrogen-bond donors (Lipinski definition) is 2. The molecular weight excluding hydrogens is 330 g/mol. The van der Waals surface area contributed by atoms with Crippen LogP contribution in [0.5, 0.6) is 0 Å². The normalized spacial score (nSPS) is 17.0. The number of hydrogen-bond acceptors (Lipinski definition) is 4. The van der Waals surface area contributed by atoms with Crippen molar-refractivity contribution >= 4 is 17.7 Å². The van der Waals surface area contributed by atoms with Gasteiger partial charge in [-0.3, -0.25) is 0 Å². The van der Waals surface area contributed by atoms with Crippen molar-refractivity contribution in [3.05, 3.63) is 41.1 Å². The van der Waals surface area contributed by atoms with Gasteiger partial charge in [0.15, 0.2) is 0 Å². The predicted octanol–water partition coefficient (Wildman–Crippen LogP) is 3.36. The summed E-state index contributed by atoms with van der Waals surface area (Å²) in [6.07, 6.45) is 0. The zero-order chi connectivity index (χ0) is 19.3. The van der Waals surface area contributed by atoms with E-state index in [9.17, 15) is 9.59 Å². The highest BCUT2D eigenvalue weighted by atomic mass is 16.5. The molecule has 0 spiro atoms. The molecule has 0 fully saturated rings. The lowest BCUT2D eigenvalue weighted by molar-refractivity contribution is -0.139. The second kappa shape index (κ2) is 8.74. The number of benzene rings is 1. The monoisotopic (exact) mass is 359 g/mol. The van der Waals surface area contributed by atoms with Crippen LogP contribution in [-0.4, -0.2) is 31.7 Å². The summed E-state index contributed by atoms with van der Waals surface area (Å²) in [5.41, 5.74) is 3.06. The first-order valence-corrected chi connectivity index (χ1v) is 9.26. The summed E-state index contributed by atoms with van der Waals surface area (Å²) in [6.45, 7) is 12.0. The second-order valence-corrected chi connectivity index (χ2v) is 6.50. The Bertz CT molecular complexity index is 676. The SMILES string of the molecule is CCOC(=O)C1=C(C(C)C)NC(=O)NC1c1ccc(N(CC)CC)cc1. The summed E-state index contributed by atoms with van der Waals surface area (Å²) in [5.74, 6) is -0.403. The Morgan fingerprint density at radius 1 is 1.15 bits per heavy atom. The van der Waals surface area contributed by atoms with Crippen LogP contribution in [0.4, 0.5) is 10.5 Å². The Kier molecular flexibility index (Phi) is 6.66. The van der Waals surface area contributed by atoms with Crippen LogP contribution in [0.1, 0.15) is 46.2 Å². The number of anilines is 1. The van der Waals surface area contributed by atoms with Crippen LogP contribution in [0.25, 0.3) is 0 Å². The smallest absolute Gasteiger partial charge is 0.338 e. The van der Waals surface area contributed by atoms with Crippen molar-refractivity contribution in [2.45, 2.75) is 40.7 Å². The van der Waals surface area contributed by atoms with Crippen LogP contribution in [0, 0.1) is 5.92 Å². The largest absolute Gasteiger partial charge is 0.463 e. The van der Waals surface area contributed by atoms with E-state index in [-0.39, 0.29) is 18.6 Å². The van der Waals surface area contributed by atoms with E-state index in [2.05, 4.69) is 29.4 Å². The molecule has 6 nitrogen and oxygen atoms in total. The van der Waals surface area contributed by atoms with Crippen molar-refractivity contribution in [2.75, 3.05) is 24.6 Å². The van der Waals surface area contributed by atoms with E-state index in [0.717, 1.165) is 24.3 Å². The number of amides is 2. The van der Waals surface area contributed by atoms with Gasteiger partial charge in [-0.25, -0.2) is 9.59 Å². The lowest BCUT2D eigenvalue weighted by Crippen LogP contribution is -2.47. The Morgan fingerprint density at radius 3 is 2.27 bits per heavy atom. The topological polar surface area (TPSA) is 70.7 Å². The Balaban J connectivity index is 2.45. The number of rotatable bonds is 7. The minimum Gasteiger partial charge on any atom is -0.463 e. The average Bonchev–Trinajstić information content (AvgIpc) is 2.62. The fourth-order valence-corrected chi connectivity index (χ4v) is 3.19. The highest BCUT2D eigenvalue weighted by Crippen LogP contribution is 2.31. The first-order valence-electron chi connectivity index (χ1n) is 9.26. The van der Waals surface area contributed by atoms with E-state index in [0.29, 0.717) is 11.3 Å². The molecule has 1 atom stereocenters. The number of nitrogens with zero attached hydrogens (tertiary/aromatic N) is 1. The Morgan fingerprint density at radius 2 is 1.77 bits per heavy atom. The molecule has 2 N–H and O–H groups in total. The van der Waals surface area contributed by atoms with Crippen LogP contribution >= 0.6 is 0 Å². The van der Waals surface area contributed by atoms with Crippen LogP contribution in [-0.2, 0) is 9.53 Å². The van der Waals surface area contributed by atoms with Gasteiger partial charge in [-0.1, -0.05) is 26.0 Å². The number of allylic oxidation sites excluding steroid dienone is 1. The molecule has 26 heavy (non-hydrogen) atoms. The maximum absolute atomic E-state index is 12.6. The van der Waals surface area contributed by atoms with E-state index in [4.69, 9.17) is 4.74 Å². The minimum atomic E-state index is -0.522. The second-order valence-electron chi connectivity index (χ2n) is 6.50. The molecule has 1 aromatic rings. The van der Waals surface area contributed by atoms with Gasteiger partial charge in [0.25, 0.3) is 0 Å². The van der Waals surface area contributed by atoms with E-state index in [1.807, 2.05) is 38.1 Å². The summed E-state index contributed by atoms with van der Waals surface area (Å²) in [6, 6.07) is 7.13. The molecule has 6 heteroatoms. The van der Waals surface area contributed by atoms with Gasteiger partial charge in [0.2, 0.25) is 0 Å². The zero-order valence-corrected chi connectivity index (χ0v) is 16.3. The molecule has 0 saturated heterocycles. The fourth-order valence-electron chi connectivity index (χ4n) is 3.19. The molecule has 0 radical (unpaired) electrons. The first kappa shape index (κ1) is 19.8. The van der Waals surface area contributed by atoms with Crippen molar-refractivity contribution in [2.24, 2.45) is 5.92 Å². The molecule has 2 rings (SSSR count). The van der Waals surface area contributed by atoms with Gasteiger partial charge in [-0.05, 0) is 44.4 Å². The van der Waals surface area contributed by atoms with Gasteiger partial charge in [-0.2, -0.15) is 0 Å². The molecule has 1 aliphatic heterocycles. The van der Waals surface area contributed by atoms with Gasteiger partial charge in [0, 0.05) is 24.5 Å². The number of esters is 1. The molecule has 0 aromatic heterocycles. The summed E-state index contributed by atoms with van der Waals surface area (Å²) >= 11 is 0. The quantitative estimate of drug-likeness (QED) is 0.733. The van der Waals surface area contributed by atoms with Crippen LogP contribution < -0.4 is 15.5 Å². The van der Waals surface area contributed by atoms with Crippen LogP contribution in [0.2, 0.25) is 0 Å². The van der Waals surface area contributed by atoms with Crippen molar-refractivity contribution < 1.29 is 14.3 Å². The molecule has 2 amide bonds. The predicted molar refractivity (Wildman–Crippen MR) is 103 cm³/mol. The average molecular weight is 359 g/mol. The van der Waals surface area contributed by atoms with E-state index in [1.54, 1.807) is 6.92 Å². The molecule has 1 aliphatic rings. The number of carbonyl (C=O) groups excluding carboxylic acids is 2. The van der Waals surface area contributed by atoms with Gasteiger partial charge in [0.1, 0.15) is 0 Å². The molecule has 0 bridgehead atoms. The van der Waals surface area contributed by atoms with Crippen molar-refractivity contribution in [3.8, 4) is 0 Å². The summed E-state index contributed by atoms with van der Waals surface area (Å²) in [5, 5.41) is 5.63. The van der Waals surface area contributed by atoms with E-state index >= 15 is 0 Å². The molecule has 1 aromatic carbocycles. The number of urea groups is 1. The molecule has 142 valence electrons. The van der Waals surface area contributed by atoms with Crippen LogP contribution in [0.3, 0.4) is 0 Å². The van der Waals surface area contributed by atoms with Gasteiger partial charge < -0.3 is 20.3 Å². The number of carbonyl (C=O) groups is 2. The molecule has 0 saturated carbocycles. The molecular formula is C20H29N3O3. The van der Waals surface area contributed by atoms with E-state index < -0.39 is 12.0 Å². The number of ether oxygens (including phenoxy) is 1. The lowest BCUT2D eigenvalue weighted by atomic mass is 9.91. The van der Waals surface area contributed by atoms with Crippen molar-refractivity contribution in [1.29, 1.82) is 0 Å². The minimum absolute atomic E-state index is 0.00194. The fraction of sp³-hybridized carbons (Fsp3) is 0.500. The lowest BCUT2D eigenvalue weighted by Gasteiger charge is -2.31. The van der Waals surface area contributed by atoms with Crippen molar-refractivity contribution in [1.82, 2.24) is 10.6 Å². The molecule has 1 unspecified atom stereocenters. The third-order valence-corrected chi connectivity index (χ3v) is 4.53. The van der Waals surface area contributed by atoms with Gasteiger partial charge >= 0.3 is 12.0 Å². The van der Waals surface area contributed by atoms with E-state index in [1.165, 1.54) is 0 Å². The third-order valence-electron chi connectivity index (χ3n) is 4.53. The molecule has 0 aliphatic carbocycles. The standard InChI is InChI=1S/C20H29N3O3/c1-6-23(7-2)15-11-9-14(10-12-15)18-16(19(24)26-8-3)17(13(4)5)21-20(25)22-18/h9-13,18H,6-8H2,1-5H3,(H2,21,22,25). The molecule has 1 heterocycles. The van der Waals surface area contributed by atoms with Gasteiger partial charge in [-0.15, -0.1) is 0 Å². The summed E-state index contributed by atoms with van der Waals surface area (Å²) in [7, 11) is 0. The third kappa shape index (κ3) is 4.18. The zero-order valence-electron chi connectivity index (χ0n) is 16.3. The summed E-state index contributed by atoms with van der Waals surface area (Å²) < 4.78 is 5.25. The van der Waals surface area contributed by atoms with Gasteiger partial charge in [0.05, 0.1) is 18.2 Å². The number of nitrogens with one attached hydrogen (secondary N) is 2. The summed E-state index contributed by atoms with van der Waals surface area (Å²) in [4.78, 5) is 27.0. The first-order chi connectivity index (χ1) is 12.4.